The molecule has 88 valence electrons. The number of anilines is 1. The molecule has 0 saturated carbocycles. The van der Waals surface area contributed by atoms with Crippen molar-refractivity contribution in [2.45, 2.75) is 12.5 Å². The number of benzene rings is 1. The average molecular weight is 231 g/mol. The first-order chi connectivity index (χ1) is 8.16. The fourth-order valence-corrected chi connectivity index (χ4v) is 1.76. The molecule has 0 aromatic heterocycles. The van der Waals surface area contributed by atoms with Crippen LogP contribution in [-0.4, -0.2) is 22.2 Å². The first-order valence-electron chi connectivity index (χ1n) is 5.32. The Kier molecular flexibility index (Phi) is 3.14. The molecule has 0 spiro atoms. The van der Waals surface area contributed by atoms with E-state index in [1.165, 1.54) is 0 Å². The molecule has 0 heterocycles. The average Bonchev–Trinajstić information content (AvgIpc) is 2.29. The Morgan fingerprint density at radius 2 is 2.12 bits per heavy atom. The third-order valence-corrected chi connectivity index (χ3v) is 2.56. The van der Waals surface area contributed by atoms with Gasteiger partial charge in [-0.15, -0.1) is 0 Å². The van der Waals surface area contributed by atoms with Crippen molar-refractivity contribution in [1.29, 1.82) is 0 Å². The van der Waals surface area contributed by atoms with Crippen LogP contribution in [0.25, 0.3) is 0 Å². The van der Waals surface area contributed by atoms with Gasteiger partial charge in [-0.3, -0.25) is 0 Å². The SMILES string of the molecule is O=C(O)c1ccccc1NC1C=CC=C(O)C1. The van der Waals surface area contributed by atoms with Crippen molar-refractivity contribution in [2.24, 2.45) is 0 Å². The van der Waals surface area contributed by atoms with Crippen molar-refractivity contribution in [2.75, 3.05) is 5.32 Å². The van der Waals surface area contributed by atoms with Gasteiger partial charge in [-0.05, 0) is 18.2 Å². The molecule has 0 fully saturated rings. The summed E-state index contributed by atoms with van der Waals surface area (Å²) < 4.78 is 0. The van der Waals surface area contributed by atoms with Gasteiger partial charge in [-0.1, -0.05) is 24.3 Å². The normalized spacial score (nSPS) is 18.6. The number of para-hydroxylation sites is 1. The topological polar surface area (TPSA) is 69.6 Å². The molecule has 1 aromatic rings. The molecule has 0 amide bonds. The quantitative estimate of drug-likeness (QED) is 0.747. The van der Waals surface area contributed by atoms with Crippen molar-refractivity contribution < 1.29 is 15.0 Å². The molecule has 4 nitrogen and oxygen atoms in total. The maximum absolute atomic E-state index is 11.0. The fourth-order valence-electron chi connectivity index (χ4n) is 1.76. The number of hydrogen-bond donors (Lipinski definition) is 3. The van der Waals surface area contributed by atoms with Crippen LogP contribution in [0.15, 0.2) is 48.3 Å². The molecular formula is C13H13NO3. The maximum Gasteiger partial charge on any atom is 0.337 e. The molecule has 1 atom stereocenters. The van der Waals surface area contributed by atoms with E-state index in [4.69, 9.17) is 5.11 Å². The summed E-state index contributed by atoms with van der Waals surface area (Å²) in [5.41, 5.74) is 0.791. The minimum absolute atomic E-state index is 0.0829. The van der Waals surface area contributed by atoms with E-state index in [-0.39, 0.29) is 17.4 Å². The summed E-state index contributed by atoms with van der Waals surface area (Å²) in [7, 11) is 0. The Balaban J connectivity index is 2.17. The zero-order valence-corrected chi connectivity index (χ0v) is 9.13. The number of carbonyl (C=O) groups is 1. The highest BCUT2D eigenvalue weighted by Crippen LogP contribution is 2.20. The Morgan fingerprint density at radius 3 is 2.82 bits per heavy atom. The standard InChI is InChI=1S/C13H13NO3/c15-10-5-3-4-9(8-10)14-12-7-2-1-6-11(12)13(16)17/h1-7,9,14-15H,8H2,(H,16,17). The van der Waals surface area contributed by atoms with Gasteiger partial charge in [0.2, 0.25) is 0 Å². The number of carboxylic acid groups (broad SMARTS) is 1. The molecule has 4 heteroatoms. The first-order valence-corrected chi connectivity index (χ1v) is 5.32. The number of aliphatic hydroxyl groups is 1. The molecule has 0 aliphatic heterocycles. The van der Waals surface area contributed by atoms with Crippen LogP contribution >= 0.6 is 0 Å². The van der Waals surface area contributed by atoms with E-state index in [0.717, 1.165) is 0 Å². The molecule has 2 rings (SSSR count). The van der Waals surface area contributed by atoms with E-state index in [9.17, 15) is 9.90 Å². The molecule has 1 aromatic carbocycles. The van der Waals surface area contributed by atoms with Crippen LogP contribution in [0.2, 0.25) is 0 Å². The van der Waals surface area contributed by atoms with Crippen molar-refractivity contribution in [1.82, 2.24) is 0 Å². The lowest BCUT2D eigenvalue weighted by atomic mass is 10.1. The Morgan fingerprint density at radius 1 is 1.35 bits per heavy atom. The molecule has 0 saturated heterocycles. The van der Waals surface area contributed by atoms with E-state index in [0.29, 0.717) is 12.1 Å². The third-order valence-electron chi connectivity index (χ3n) is 2.56. The van der Waals surface area contributed by atoms with E-state index in [2.05, 4.69) is 5.32 Å². The second kappa shape index (κ2) is 4.74. The van der Waals surface area contributed by atoms with E-state index >= 15 is 0 Å². The highest BCUT2D eigenvalue weighted by molar-refractivity contribution is 5.94. The number of allylic oxidation sites excluding steroid dienone is 2. The van der Waals surface area contributed by atoms with Gasteiger partial charge in [0.15, 0.2) is 0 Å². The van der Waals surface area contributed by atoms with Crippen LogP contribution in [0, 0.1) is 0 Å². The third kappa shape index (κ3) is 2.66. The zero-order chi connectivity index (χ0) is 12.3. The number of carboxylic acids is 1. The highest BCUT2D eigenvalue weighted by atomic mass is 16.4. The van der Waals surface area contributed by atoms with Crippen LogP contribution < -0.4 is 5.32 Å². The monoisotopic (exact) mass is 231 g/mol. The van der Waals surface area contributed by atoms with Crippen molar-refractivity contribution in [3.8, 4) is 0 Å². The largest absolute Gasteiger partial charge is 0.512 e. The van der Waals surface area contributed by atoms with E-state index in [1.54, 1.807) is 36.4 Å². The van der Waals surface area contributed by atoms with Gasteiger partial charge < -0.3 is 15.5 Å². The Hall–Kier alpha value is -2.23. The lowest BCUT2D eigenvalue weighted by molar-refractivity contribution is 0.0698. The summed E-state index contributed by atoms with van der Waals surface area (Å²) in [5, 5.41) is 21.5. The molecule has 3 N–H and O–H groups in total. The van der Waals surface area contributed by atoms with Crippen LogP contribution in [0.3, 0.4) is 0 Å². The minimum atomic E-state index is -0.965. The lowest BCUT2D eigenvalue weighted by Crippen LogP contribution is -2.20. The van der Waals surface area contributed by atoms with Gasteiger partial charge in [0.05, 0.1) is 17.4 Å². The maximum atomic E-state index is 11.0. The van der Waals surface area contributed by atoms with Gasteiger partial charge in [0, 0.05) is 12.1 Å². The Labute approximate surface area is 98.9 Å². The van der Waals surface area contributed by atoms with Crippen molar-refractivity contribution >= 4 is 11.7 Å². The molecular weight excluding hydrogens is 218 g/mol. The number of rotatable bonds is 3. The lowest BCUT2D eigenvalue weighted by Gasteiger charge is -2.19. The van der Waals surface area contributed by atoms with Crippen LogP contribution in [0.4, 0.5) is 5.69 Å². The van der Waals surface area contributed by atoms with Gasteiger partial charge in [0.25, 0.3) is 0 Å². The number of aromatic carboxylic acids is 1. The molecule has 1 aliphatic rings. The predicted octanol–water partition coefficient (Wildman–Crippen LogP) is 2.57. The van der Waals surface area contributed by atoms with Crippen LogP contribution in [-0.2, 0) is 0 Å². The molecule has 1 aliphatic carbocycles. The first kappa shape index (κ1) is 11.3. The molecule has 0 radical (unpaired) electrons. The molecule has 17 heavy (non-hydrogen) atoms. The summed E-state index contributed by atoms with van der Waals surface area (Å²) in [6.45, 7) is 0. The number of nitrogens with one attached hydrogen (secondary N) is 1. The summed E-state index contributed by atoms with van der Waals surface area (Å²) >= 11 is 0. The van der Waals surface area contributed by atoms with Crippen LogP contribution in [0.1, 0.15) is 16.8 Å². The summed E-state index contributed by atoms with van der Waals surface area (Å²) in [6, 6.07) is 6.64. The van der Waals surface area contributed by atoms with Crippen molar-refractivity contribution in [3.63, 3.8) is 0 Å². The van der Waals surface area contributed by atoms with Gasteiger partial charge in [-0.25, -0.2) is 4.79 Å². The van der Waals surface area contributed by atoms with Gasteiger partial charge in [-0.2, -0.15) is 0 Å². The summed E-state index contributed by atoms with van der Waals surface area (Å²) in [4.78, 5) is 11.0. The predicted molar refractivity (Wildman–Crippen MR) is 65.3 cm³/mol. The van der Waals surface area contributed by atoms with Crippen LogP contribution in [0.5, 0.6) is 0 Å². The fraction of sp³-hybridized carbons (Fsp3) is 0.154. The zero-order valence-electron chi connectivity index (χ0n) is 9.13. The minimum Gasteiger partial charge on any atom is -0.512 e. The number of hydrogen-bond acceptors (Lipinski definition) is 3. The molecule has 1 unspecified atom stereocenters. The smallest absolute Gasteiger partial charge is 0.337 e. The molecule has 0 bridgehead atoms. The second-order valence-corrected chi connectivity index (χ2v) is 3.85. The van der Waals surface area contributed by atoms with E-state index < -0.39 is 5.97 Å². The van der Waals surface area contributed by atoms with Gasteiger partial charge in [0.1, 0.15) is 0 Å². The van der Waals surface area contributed by atoms with E-state index in [1.807, 2.05) is 6.08 Å². The van der Waals surface area contributed by atoms with Gasteiger partial charge >= 0.3 is 5.97 Å². The summed E-state index contributed by atoms with van der Waals surface area (Å²) in [6.07, 6.45) is 5.73. The Bertz CT molecular complexity index is 491. The second-order valence-electron chi connectivity index (χ2n) is 3.85. The highest BCUT2D eigenvalue weighted by Gasteiger charge is 2.14. The van der Waals surface area contributed by atoms with Crippen molar-refractivity contribution in [3.05, 3.63) is 53.8 Å². The number of aliphatic hydroxyl groups excluding tert-OH is 1. The summed E-state index contributed by atoms with van der Waals surface area (Å²) in [5.74, 6) is -0.676.